The SMILES string of the molecule is COC(=O)C(C)Sc1cc(NC(=O)C(C)C(C)C)c(F)cc1Cl. The Balaban J connectivity index is 3.00. The lowest BCUT2D eigenvalue weighted by molar-refractivity contribution is -0.139. The zero-order valence-corrected chi connectivity index (χ0v) is 15.3. The van der Waals surface area contributed by atoms with Crippen LogP contribution in [0.4, 0.5) is 10.1 Å². The zero-order chi connectivity index (χ0) is 17.7. The summed E-state index contributed by atoms with van der Waals surface area (Å²) in [4.78, 5) is 24.1. The molecule has 0 aliphatic rings. The lowest BCUT2D eigenvalue weighted by Gasteiger charge is -2.17. The number of carbonyl (C=O) groups excluding carboxylic acids is 2. The van der Waals surface area contributed by atoms with Crippen LogP contribution in [0.15, 0.2) is 17.0 Å². The molecule has 0 aromatic heterocycles. The van der Waals surface area contributed by atoms with E-state index in [2.05, 4.69) is 10.1 Å². The monoisotopic (exact) mass is 361 g/mol. The van der Waals surface area contributed by atoms with E-state index in [1.807, 2.05) is 13.8 Å². The van der Waals surface area contributed by atoms with E-state index in [4.69, 9.17) is 11.6 Å². The smallest absolute Gasteiger partial charge is 0.318 e. The number of methoxy groups -OCH3 is 1. The van der Waals surface area contributed by atoms with Crippen LogP contribution in [0.5, 0.6) is 0 Å². The van der Waals surface area contributed by atoms with E-state index in [0.717, 1.165) is 17.8 Å². The highest BCUT2D eigenvalue weighted by molar-refractivity contribution is 8.00. The molecule has 1 rings (SSSR count). The van der Waals surface area contributed by atoms with Gasteiger partial charge in [0.25, 0.3) is 0 Å². The van der Waals surface area contributed by atoms with Gasteiger partial charge in [-0.15, -0.1) is 11.8 Å². The number of amides is 1. The lowest BCUT2D eigenvalue weighted by atomic mass is 9.97. The average Bonchev–Trinajstić information content (AvgIpc) is 2.49. The Morgan fingerprint density at radius 1 is 1.26 bits per heavy atom. The maximum atomic E-state index is 14.0. The number of rotatable bonds is 6. The third-order valence-electron chi connectivity index (χ3n) is 3.53. The first kappa shape index (κ1) is 19.8. The molecule has 2 atom stereocenters. The van der Waals surface area contributed by atoms with Crippen LogP contribution in [0.1, 0.15) is 27.7 Å². The van der Waals surface area contributed by atoms with Crippen molar-refractivity contribution in [3.63, 3.8) is 0 Å². The molecule has 7 heteroatoms. The molecule has 0 aliphatic carbocycles. The summed E-state index contributed by atoms with van der Waals surface area (Å²) in [7, 11) is 1.30. The summed E-state index contributed by atoms with van der Waals surface area (Å²) < 4.78 is 18.7. The molecule has 0 aliphatic heterocycles. The number of anilines is 1. The number of thioether (sulfide) groups is 1. The molecule has 0 radical (unpaired) electrons. The fraction of sp³-hybridized carbons (Fsp3) is 0.500. The van der Waals surface area contributed by atoms with E-state index >= 15 is 0 Å². The largest absolute Gasteiger partial charge is 0.468 e. The maximum Gasteiger partial charge on any atom is 0.318 e. The van der Waals surface area contributed by atoms with Gasteiger partial charge in [-0.05, 0) is 25.0 Å². The minimum absolute atomic E-state index is 0.0477. The first-order valence-corrected chi connectivity index (χ1v) is 8.47. The van der Waals surface area contributed by atoms with Crippen LogP contribution in [0, 0.1) is 17.7 Å². The molecule has 1 amide bonds. The molecule has 1 N–H and O–H groups in total. The van der Waals surface area contributed by atoms with Crippen molar-refractivity contribution in [2.24, 2.45) is 11.8 Å². The Kier molecular flexibility index (Phi) is 7.35. The number of esters is 1. The third-order valence-corrected chi connectivity index (χ3v) is 5.09. The van der Waals surface area contributed by atoms with Crippen molar-refractivity contribution in [2.75, 3.05) is 12.4 Å². The molecule has 0 fully saturated rings. The van der Waals surface area contributed by atoms with Gasteiger partial charge in [0, 0.05) is 10.8 Å². The van der Waals surface area contributed by atoms with E-state index in [1.165, 1.54) is 13.2 Å². The van der Waals surface area contributed by atoms with E-state index in [1.54, 1.807) is 13.8 Å². The summed E-state index contributed by atoms with van der Waals surface area (Å²) in [5, 5.41) is 2.25. The summed E-state index contributed by atoms with van der Waals surface area (Å²) in [6.45, 7) is 7.28. The van der Waals surface area contributed by atoms with Gasteiger partial charge >= 0.3 is 5.97 Å². The number of benzene rings is 1. The van der Waals surface area contributed by atoms with Crippen molar-refractivity contribution in [3.8, 4) is 0 Å². The molecule has 4 nitrogen and oxygen atoms in total. The van der Waals surface area contributed by atoms with Gasteiger partial charge in [-0.1, -0.05) is 32.4 Å². The van der Waals surface area contributed by atoms with Crippen LogP contribution in [0.25, 0.3) is 0 Å². The number of hydrogen-bond donors (Lipinski definition) is 1. The van der Waals surface area contributed by atoms with Gasteiger partial charge in [0.15, 0.2) is 0 Å². The number of hydrogen-bond acceptors (Lipinski definition) is 4. The number of ether oxygens (including phenoxy) is 1. The summed E-state index contributed by atoms with van der Waals surface area (Å²) in [5.41, 5.74) is 0.0477. The van der Waals surface area contributed by atoms with E-state index < -0.39 is 17.0 Å². The topological polar surface area (TPSA) is 55.4 Å². The second-order valence-electron chi connectivity index (χ2n) is 5.57. The molecule has 0 bridgehead atoms. The number of nitrogens with one attached hydrogen (secondary N) is 1. The Morgan fingerprint density at radius 2 is 1.87 bits per heavy atom. The Labute approximate surface area is 145 Å². The fourth-order valence-electron chi connectivity index (χ4n) is 1.67. The highest BCUT2D eigenvalue weighted by Gasteiger charge is 2.21. The Hall–Kier alpha value is -1.27. The molecule has 0 heterocycles. The van der Waals surface area contributed by atoms with Gasteiger partial charge in [-0.25, -0.2) is 4.39 Å². The molecule has 23 heavy (non-hydrogen) atoms. The fourth-order valence-corrected chi connectivity index (χ4v) is 2.88. The first-order valence-electron chi connectivity index (χ1n) is 7.21. The molecular weight excluding hydrogens is 341 g/mol. The predicted octanol–water partition coefficient (Wildman–Crippen LogP) is 4.36. The van der Waals surface area contributed by atoms with Gasteiger partial charge in [0.1, 0.15) is 11.1 Å². The zero-order valence-electron chi connectivity index (χ0n) is 13.8. The van der Waals surface area contributed by atoms with Gasteiger partial charge in [0.2, 0.25) is 5.91 Å². The summed E-state index contributed by atoms with van der Waals surface area (Å²) in [6.07, 6.45) is 0. The third kappa shape index (κ3) is 5.39. The highest BCUT2D eigenvalue weighted by Crippen LogP contribution is 2.35. The van der Waals surface area contributed by atoms with Gasteiger partial charge in [0.05, 0.1) is 17.8 Å². The predicted molar refractivity (Wildman–Crippen MR) is 91.4 cm³/mol. The van der Waals surface area contributed by atoms with Crippen molar-refractivity contribution in [1.29, 1.82) is 0 Å². The van der Waals surface area contributed by atoms with Crippen LogP contribution in [0.2, 0.25) is 5.02 Å². The van der Waals surface area contributed by atoms with Crippen molar-refractivity contribution < 1.29 is 18.7 Å². The molecule has 2 unspecified atom stereocenters. The molecule has 0 saturated carbocycles. The summed E-state index contributed by atoms with van der Waals surface area (Å²) >= 11 is 7.16. The van der Waals surface area contributed by atoms with Crippen LogP contribution < -0.4 is 5.32 Å². The molecule has 128 valence electrons. The second kappa shape index (κ2) is 8.55. The Bertz CT molecular complexity index is 595. The maximum absolute atomic E-state index is 14.0. The van der Waals surface area contributed by atoms with Crippen LogP contribution in [0.3, 0.4) is 0 Å². The van der Waals surface area contributed by atoms with Crippen molar-refractivity contribution in [1.82, 2.24) is 0 Å². The van der Waals surface area contributed by atoms with Crippen molar-refractivity contribution in [3.05, 3.63) is 23.0 Å². The Morgan fingerprint density at radius 3 is 2.39 bits per heavy atom. The minimum atomic E-state index is -0.616. The molecular formula is C16H21ClFNO3S. The molecule has 0 spiro atoms. The highest BCUT2D eigenvalue weighted by atomic mass is 35.5. The molecule has 0 saturated heterocycles. The van der Waals surface area contributed by atoms with Gasteiger partial charge < -0.3 is 10.1 Å². The van der Waals surface area contributed by atoms with E-state index in [0.29, 0.717) is 4.90 Å². The van der Waals surface area contributed by atoms with Gasteiger partial charge in [-0.3, -0.25) is 9.59 Å². The van der Waals surface area contributed by atoms with Crippen molar-refractivity contribution in [2.45, 2.75) is 37.8 Å². The molecule has 1 aromatic carbocycles. The normalized spacial score (nSPS) is 13.6. The van der Waals surface area contributed by atoms with Crippen LogP contribution >= 0.6 is 23.4 Å². The van der Waals surface area contributed by atoms with E-state index in [-0.39, 0.29) is 28.5 Å². The summed E-state index contributed by atoms with van der Waals surface area (Å²) in [5.74, 6) is -1.41. The van der Waals surface area contributed by atoms with Gasteiger partial charge in [-0.2, -0.15) is 0 Å². The average molecular weight is 362 g/mol. The first-order chi connectivity index (χ1) is 10.7. The lowest BCUT2D eigenvalue weighted by Crippen LogP contribution is -2.24. The minimum Gasteiger partial charge on any atom is -0.468 e. The second-order valence-corrected chi connectivity index (χ2v) is 7.36. The quantitative estimate of drug-likeness (QED) is 0.604. The number of halogens is 2. The van der Waals surface area contributed by atoms with Crippen molar-refractivity contribution >= 4 is 40.9 Å². The standard InChI is InChI=1S/C16H21ClFNO3S/c1-8(2)9(3)15(20)19-13-7-14(11(17)6-12(13)18)23-10(4)16(21)22-5/h6-10H,1-5H3,(H,19,20). The molecule has 1 aromatic rings. The number of carbonyl (C=O) groups is 2. The summed E-state index contributed by atoms with van der Waals surface area (Å²) in [6, 6.07) is 2.57. The van der Waals surface area contributed by atoms with Crippen LogP contribution in [-0.4, -0.2) is 24.2 Å². The van der Waals surface area contributed by atoms with Crippen LogP contribution in [-0.2, 0) is 14.3 Å². The van der Waals surface area contributed by atoms with E-state index in [9.17, 15) is 14.0 Å².